The van der Waals surface area contributed by atoms with E-state index in [1.54, 1.807) is 0 Å². The van der Waals surface area contributed by atoms with Crippen LogP contribution in [0.25, 0.3) is 0 Å². The predicted octanol–water partition coefficient (Wildman–Crippen LogP) is 4.21. The Morgan fingerprint density at radius 3 is 2.19 bits per heavy atom. The quantitative estimate of drug-likeness (QED) is 0.851. The molecule has 1 aliphatic rings. The lowest BCUT2D eigenvalue weighted by molar-refractivity contribution is 0.0788. The number of hydrogen-bond donors (Lipinski definition) is 2. The summed E-state index contributed by atoms with van der Waals surface area (Å²) in [6, 6.07) is 4.88. The van der Waals surface area contributed by atoms with Gasteiger partial charge >= 0.3 is 0 Å². The molecule has 1 unspecified atom stereocenters. The van der Waals surface area contributed by atoms with Gasteiger partial charge in [0.05, 0.1) is 0 Å². The standard InChI is InChI=1S/C19H31NO/c1-14-10-15(2)18(16(3)11-14)17(4)20-12-19(13-21)8-6-5-7-9-19/h10-11,17,20-21H,5-9,12-13H2,1-4H3. The molecule has 1 saturated carbocycles. The molecule has 2 heteroatoms. The van der Waals surface area contributed by atoms with Crippen LogP contribution in [0, 0.1) is 26.2 Å². The van der Waals surface area contributed by atoms with E-state index in [2.05, 4.69) is 45.1 Å². The van der Waals surface area contributed by atoms with Gasteiger partial charge in [-0.25, -0.2) is 0 Å². The molecule has 0 heterocycles. The van der Waals surface area contributed by atoms with E-state index in [9.17, 15) is 5.11 Å². The maximum absolute atomic E-state index is 9.83. The van der Waals surface area contributed by atoms with Crippen LogP contribution in [-0.2, 0) is 0 Å². The van der Waals surface area contributed by atoms with Crippen LogP contribution >= 0.6 is 0 Å². The van der Waals surface area contributed by atoms with Crippen LogP contribution in [0.2, 0.25) is 0 Å². The number of aliphatic hydroxyl groups is 1. The van der Waals surface area contributed by atoms with Crippen molar-refractivity contribution in [3.8, 4) is 0 Å². The number of nitrogens with one attached hydrogen (secondary N) is 1. The summed E-state index contributed by atoms with van der Waals surface area (Å²) >= 11 is 0. The smallest absolute Gasteiger partial charge is 0.0499 e. The third-order valence-electron chi connectivity index (χ3n) is 5.20. The van der Waals surface area contributed by atoms with E-state index in [1.165, 1.54) is 41.5 Å². The zero-order valence-electron chi connectivity index (χ0n) is 14.1. The molecule has 1 fully saturated rings. The van der Waals surface area contributed by atoms with Gasteiger partial charge in [-0.3, -0.25) is 0 Å². The third-order valence-corrected chi connectivity index (χ3v) is 5.20. The van der Waals surface area contributed by atoms with Crippen molar-refractivity contribution in [3.05, 3.63) is 34.4 Å². The van der Waals surface area contributed by atoms with Crippen molar-refractivity contribution in [2.45, 2.75) is 65.8 Å². The van der Waals surface area contributed by atoms with Gasteiger partial charge in [-0.15, -0.1) is 0 Å². The van der Waals surface area contributed by atoms with E-state index < -0.39 is 0 Å². The van der Waals surface area contributed by atoms with E-state index in [0.717, 1.165) is 19.4 Å². The van der Waals surface area contributed by atoms with E-state index in [0.29, 0.717) is 12.6 Å². The van der Waals surface area contributed by atoms with Gasteiger partial charge in [-0.1, -0.05) is 37.0 Å². The second-order valence-corrected chi connectivity index (χ2v) is 7.13. The van der Waals surface area contributed by atoms with Crippen molar-refractivity contribution in [3.63, 3.8) is 0 Å². The summed E-state index contributed by atoms with van der Waals surface area (Å²) in [5, 5.41) is 13.5. The molecular weight excluding hydrogens is 258 g/mol. The van der Waals surface area contributed by atoms with Crippen molar-refractivity contribution in [1.29, 1.82) is 0 Å². The van der Waals surface area contributed by atoms with Gasteiger partial charge in [0.1, 0.15) is 0 Å². The van der Waals surface area contributed by atoms with Gasteiger partial charge < -0.3 is 10.4 Å². The molecule has 118 valence electrons. The largest absolute Gasteiger partial charge is 0.396 e. The molecule has 0 amide bonds. The van der Waals surface area contributed by atoms with Crippen LogP contribution in [0.3, 0.4) is 0 Å². The maximum Gasteiger partial charge on any atom is 0.0499 e. The number of benzene rings is 1. The third kappa shape index (κ3) is 3.87. The zero-order valence-corrected chi connectivity index (χ0v) is 14.1. The highest BCUT2D eigenvalue weighted by molar-refractivity contribution is 5.39. The Bertz CT molecular complexity index is 451. The van der Waals surface area contributed by atoms with Gasteiger partial charge in [0, 0.05) is 24.6 Å². The fraction of sp³-hybridized carbons (Fsp3) is 0.684. The molecule has 0 aliphatic heterocycles. The number of aryl methyl sites for hydroxylation is 3. The summed E-state index contributed by atoms with van der Waals surface area (Å²) in [5.41, 5.74) is 5.60. The van der Waals surface area contributed by atoms with Crippen LogP contribution in [0.1, 0.15) is 67.3 Å². The first-order valence-electron chi connectivity index (χ1n) is 8.39. The maximum atomic E-state index is 9.83. The molecule has 2 N–H and O–H groups in total. The van der Waals surface area contributed by atoms with E-state index in [-0.39, 0.29) is 5.41 Å². The lowest BCUT2D eigenvalue weighted by atomic mass is 9.74. The molecular formula is C19H31NO. The summed E-state index contributed by atoms with van der Waals surface area (Å²) in [6.07, 6.45) is 6.18. The Hall–Kier alpha value is -0.860. The van der Waals surface area contributed by atoms with Crippen LogP contribution in [0.15, 0.2) is 12.1 Å². The molecule has 1 aromatic carbocycles. The number of hydrogen-bond acceptors (Lipinski definition) is 2. The fourth-order valence-electron chi connectivity index (χ4n) is 4.04. The Morgan fingerprint density at radius 2 is 1.67 bits per heavy atom. The Morgan fingerprint density at radius 1 is 1.10 bits per heavy atom. The SMILES string of the molecule is Cc1cc(C)c(C(C)NCC2(CO)CCCCC2)c(C)c1. The minimum Gasteiger partial charge on any atom is -0.396 e. The Labute approximate surface area is 130 Å². The topological polar surface area (TPSA) is 32.3 Å². The van der Waals surface area contributed by atoms with Gasteiger partial charge in [-0.05, 0) is 57.2 Å². The first-order chi connectivity index (χ1) is 9.97. The first kappa shape index (κ1) is 16.5. The molecule has 0 bridgehead atoms. The lowest BCUT2D eigenvalue weighted by Crippen LogP contribution is -2.40. The Kier molecular flexibility index (Phi) is 5.45. The van der Waals surface area contributed by atoms with Gasteiger partial charge in [0.15, 0.2) is 0 Å². The molecule has 2 nitrogen and oxygen atoms in total. The summed E-state index contributed by atoms with van der Waals surface area (Å²) in [5.74, 6) is 0. The monoisotopic (exact) mass is 289 g/mol. The van der Waals surface area contributed by atoms with Crippen molar-refractivity contribution >= 4 is 0 Å². The minimum atomic E-state index is 0.110. The highest BCUT2D eigenvalue weighted by atomic mass is 16.3. The molecule has 0 saturated heterocycles. The fourth-order valence-corrected chi connectivity index (χ4v) is 4.04. The highest BCUT2D eigenvalue weighted by Gasteiger charge is 2.31. The molecule has 21 heavy (non-hydrogen) atoms. The first-order valence-corrected chi connectivity index (χ1v) is 8.39. The molecule has 0 spiro atoms. The van der Waals surface area contributed by atoms with Gasteiger partial charge in [0.25, 0.3) is 0 Å². The molecule has 1 aliphatic carbocycles. The average Bonchev–Trinajstić information content (AvgIpc) is 2.45. The van der Waals surface area contributed by atoms with Gasteiger partial charge in [0.2, 0.25) is 0 Å². The highest BCUT2D eigenvalue weighted by Crippen LogP contribution is 2.36. The van der Waals surface area contributed by atoms with Crippen molar-refractivity contribution in [2.24, 2.45) is 5.41 Å². The minimum absolute atomic E-state index is 0.110. The summed E-state index contributed by atoms with van der Waals surface area (Å²) in [6.45, 7) is 10.1. The summed E-state index contributed by atoms with van der Waals surface area (Å²) in [4.78, 5) is 0. The number of rotatable bonds is 5. The van der Waals surface area contributed by atoms with E-state index in [4.69, 9.17) is 0 Å². The normalized spacial score (nSPS) is 19.5. The van der Waals surface area contributed by atoms with Crippen LogP contribution in [-0.4, -0.2) is 18.3 Å². The second-order valence-electron chi connectivity index (χ2n) is 7.13. The summed E-state index contributed by atoms with van der Waals surface area (Å²) in [7, 11) is 0. The average molecular weight is 289 g/mol. The second kappa shape index (κ2) is 6.93. The van der Waals surface area contributed by atoms with Crippen molar-refractivity contribution < 1.29 is 5.11 Å². The van der Waals surface area contributed by atoms with E-state index in [1.807, 2.05) is 0 Å². The van der Waals surface area contributed by atoms with Crippen molar-refractivity contribution in [2.75, 3.05) is 13.2 Å². The molecule has 1 aromatic rings. The molecule has 0 radical (unpaired) electrons. The Balaban J connectivity index is 2.06. The van der Waals surface area contributed by atoms with Crippen LogP contribution in [0.4, 0.5) is 0 Å². The molecule has 0 aromatic heterocycles. The number of aliphatic hydroxyl groups excluding tert-OH is 1. The van der Waals surface area contributed by atoms with Gasteiger partial charge in [-0.2, -0.15) is 0 Å². The zero-order chi connectivity index (χ0) is 15.5. The van der Waals surface area contributed by atoms with Crippen LogP contribution < -0.4 is 5.32 Å². The van der Waals surface area contributed by atoms with E-state index >= 15 is 0 Å². The molecule has 1 atom stereocenters. The summed E-state index contributed by atoms with van der Waals surface area (Å²) < 4.78 is 0. The van der Waals surface area contributed by atoms with Crippen molar-refractivity contribution in [1.82, 2.24) is 5.32 Å². The van der Waals surface area contributed by atoms with Crippen LogP contribution in [0.5, 0.6) is 0 Å². The lowest BCUT2D eigenvalue weighted by Gasteiger charge is -2.37. The predicted molar refractivity (Wildman–Crippen MR) is 89.7 cm³/mol. The molecule has 2 rings (SSSR count).